The first kappa shape index (κ1) is 77.4. The van der Waals surface area contributed by atoms with Crippen LogP contribution in [-0.4, -0.2) is 87.5 Å². The lowest BCUT2D eigenvalue weighted by atomic mass is 9.99. The number of ether oxygens (including phenoxy) is 2. The molecule has 0 aliphatic carbocycles. The molecule has 9 nitrogen and oxygen atoms in total. The van der Waals surface area contributed by atoms with Crippen molar-refractivity contribution in [2.75, 3.05) is 13.2 Å². The molecule has 1 aliphatic rings. The van der Waals surface area contributed by atoms with Crippen LogP contribution in [0.5, 0.6) is 0 Å². The average Bonchev–Trinajstić information content (AvgIpc) is 3.51. The number of aliphatic hydroxyl groups excluding tert-OH is 5. The van der Waals surface area contributed by atoms with E-state index in [4.69, 9.17) is 9.47 Å². The number of nitrogens with one attached hydrogen (secondary N) is 1. The quantitative estimate of drug-likeness (QED) is 0.0261. The van der Waals surface area contributed by atoms with Gasteiger partial charge in [-0.25, -0.2) is 0 Å². The summed E-state index contributed by atoms with van der Waals surface area (Å²) in [5.41, 5.74) is 0. The molecule has 0 radical (unpaired) electrons. The predicted molar refractivity (Wildman–Crippen MR) is 346 cm³/mol. The summed E-state index contributed by atoms with van der Waals surface area (Å²) >= 11 is 0. The summed E-state index contributed by atoms with van der Waals surface area (Å²) in [6.45, 7) is 3.82. The number of hydrogen-bond acceptors (Lipinski definition) is 8. The van der Waals surface area contributed by atoms with Crippen molar-refractivity contribution < 1.29 is 39.8 Å². The summed E-state index contributed by atoms with van der Waals surface area (Å²) in [6, 6.07) is -0.805. The van der Waals surface area contributed by atoms with E-state index in [1.807, 2.05) is 6.08 Å². The lowest BCUT2D eigenvalue weighted by Gasteiger charge is -2.40. The fourth-order valence-electron chi connectivity index (χ4n) is 11.6. The summed E-state index contributed by atoms with van der Waals surface area (Å²) in [4.78, 5) is 13.1. The Morgan fingerprint density at radius 2 is 0.728 bits per heavy atom. The largest absolute Gasteiger partial charge is 0.394 e. The zero-order valence-corrected chi connectivity index (χ0v) is 53.6. The Hall–Kier alpha value is -1.59. The number of hydrogen-bond donors (Lipinski definition) is 6. The lowest BCUT2D eigenvalue weighted by molar-refractivity contribution is -0.302. The molecule has 7 atom stereocenters. The van der Waals surface area contributed by atoms with E-state index >= 15 is 0 Å². The van der Waals surface area contributed by atoms with Crippen LogP contribution in [0.15, 0.2) is 36.5 Å². The molecule has 7 unspecified atom stereocenters. The van der Waals surface area contributed by atoms with Crippen LogP contribution in [0.4, 0.5) is 0 Å². The Morgan fingerprint density at radius 3 is 1.06 bits per heavy atom. The fourth-order valence-corrected chi connectivity index (χ4v) is 11.6. The molecule has 0 saturated carbocycles. The molecule has 6 N–H and O–H groups in total. The van der Waals surface area contributed by atoms with Gasteiger partial charge in [-0.05, 0) is 51.4 Å². The van der Waals surface area contributed by atoms with Crippen LogP contribution in [0.3, 0.4) is 0 Å². The van der Waals surface area contributed by atoms with Crippen LogP contribution >= 0.6 is 0 Å². The van der Waals surface area contributed by atoms with Gasteiger partial charge in [0.2, 0.25) is 5.91 Å². The highest BCUT2D eigenvalue weighted by Gasteiger charge is 2.44. The van der Waals surface area contributed by atoms with Gasteiger partial charge in [-0.1, -0.05) is 339 Å². The molecule has 0 spiro atoms. The summed E-state index contributed by atoms with van der Waals surface area (Å²) in [6.07, 6.45) is 75.4. The minimum Gasteiger partial charge on any atom is -0.394 e. The molecule has 478 valence electrons. The molecule has 0 aromatic heterocycles. The van der Waals surface area contributed by atoms with Gasteiger partial charge in [-0.15, -0.1) is 0 Å². The van der Waals surface area contributed by atoms with Gasteiger partial charge in [0.25, 0.3) is 0 Å². The topological polar surface area (TPSA) is 149 Å². The van der Waals surface area contributed by atoms with E-state index in [2.05, 4.69) is 43.5 Å². The minimum absolute atomic E-state index is 0.170. The molecule has 1 heterocycles. The number of unbranched alkanes of at least 4 members (excludes halogenated alkanes) is 49. The van der Waals surface area contributed by atoms with Gasteiger partial charge in [-0.2, -0.15) is 0 Å². The Bertz CT molecular complexity index is 1370. The molecular formula is C72H137NO8. The number of amides is 1. The molecule has 0 bridgehead atoms. The van der Waals surface area contributed by atoms with Crippen molar-refractivity contribution in [2.45, 2.75) is 403 Å². The van der Waals surface area contributed by atoms with Crippen LogP contribution < -0.4 is 5.32 Å². The van der Waals surface area contributed by atoms with Crippen molar-refractivity contribution in [3.05, 3.63) is 36.5 Å². The Balaban J connectivity index is 2.12. The van der Waals surface area contributed by atoms with Crippen molar-refractivity contribution in [2.24, 2.45) is 0 Å². The molecule has 1 amide bonds. The van der Waals surface area contributed by atoms with Gasteiger partial charge in [0, 0.05) is 6.42 Å². The van der Waals surface area contributed by atoms with Crippen LogP contribution in [0.25, 0.3) is 0 Å². The number of aliphatic hydroxyl groups is 5. The van der Waals surface area contributed by atoms with E-state index in [0.29, 0.717) is 6.42 Å². The Kier molecular flexibility index (Phi) is 58.8. The molecule has 9 heteroatoms. The maximum atomic E-state index is 13.1. The third kappa shape index (κ3) is 50.3. The van der Waals surface area contributed by atoms with E-state index in [1.165, 1.54) is 295 Å². The van der Waals surface area contributed by atoms with Gasteiger partial charge in [0.1, 0.15) is 24.4 Å². The molecule has 1 fully saturated rings. The number of carbonyl (C=O) groups excluding carboxylic acids is 1. The average molecular weight is 1140 g/mol. The molecule has 1 saturated heterocycles. The molecule has 0 aromatic carbocycles. The van der Waals surface area contributed by atoms with Gasteiger partial charge in [0.05, 0.1) is 25.4 Å². The van der Waals surface area contributed by atoms with Crippen molar-refractivity contribution in [3.8, 4) is 0 Å². The number of allylic oxidation sites excluding steroid dienone is 5. The summed E-state index contributed by atoms with van der Waals surface area (Å²) in [5.74, 6) is -0.170. The van der Waals surface area contributed by atoms with Crippen LogP contribution in [0.2, 0.25) is 0 Å². The van der Waals surface area contributed by atoms with E-state index in [9.17, 15) is 30.3 Å². The third-order valence-electron chi connectivity index (χ3n) is 17.2. The minimum atomic E-state index is -1.57. The first-order chi connectivity index (χ1) is 39.8. The first-order valence-corrected chi connectivity index (χ1v) is 35.7. The summed E-state index contributed by atoms with van der Waals surface area (Å²) in [5, 5.41) is 54.8. The SMILES string of the molecule is CCCCCCC/C=C\C/C=C\CCCCCCCCCCCCCCCCCCCC(=O)NC(COC1OC(CO)C(O)C(O)C1O)C(O)/C=C/CCCCCCCCCCCCCCCCCCCCCCCCCCCCC. The smallest absolute Gasteiger partial charge is 0.220 e. The van der Waals surface area contributed by atoms with Crippen LogP contribution in [0, 0.1) is 0 Å². The van der Waals surface area contributed by atoms with E-state index in [0.717, 1.165) is 44.9 Å². The van der Waals surface area contributed by atoms with Crippen LogP contribution in [0.1, 0.15) is 361 Å². The highest BCUT2D eigenvalue weighted by Crippen LogP contribution is 2.23. The van der Waals surface area contributed by atoms with Gasteiger partial charge < -0.3 is 40.3 Å². The fraction of sp³-hybridized carbons (Fsp3) is 0.903. The highest BCUT2D eigenvalue weighted by molar-refractivity contribution is 5.76. The normalized spacial score (nSPS) is 18.5. The van der Waals surface area contributed by atoms with Crippen molar-refractivity contribution in [3.63, 3.8) is 0 Å². The zero-order chi connectivity index (χ0) is 58.6. The molecule has 1 rings (SSSR count). The van der Waals surface area contributed by atoms with Gasteiger partial charge in [0.15, 0.2) is 6.29 Å². The second-order valence-corrected chi connectivity index (χ2v) is 25.0. The number of carbonyl (C=O) groups is 1. The predicted octanol–water partition coefficient (Wildman–Crippen LogP) is 19.4. The molecular weight excluding hydrogens is 1010 g/mol. The Labute approximate surface area is 501 Å². The molecule has 1 aliphatic heterocycles. The second-order valence-electron chi connectivity index (χ2n) is 25.0. The lowest BCUT2D eigenvalue weighted by Crippen LogP contribution is -2.60. The zero-order valence-electron chi connectivity index (χ0n) is 53.6. The maximum Gasteiger partial charge on any atom is 0.220 e. The van der Waals surface area contributed by atoms with Crippen LogP contribution in [-0.2, 0) is 14.3 Å². The van der Waals surface area contributed by atoms with Gasteiger partial charge >= 0.3 is 0 Å². The van der Waals surface area contributed by atoms with Crippen molar-refractivity contribution >= 4 is 5.91 Å². The maximum absolute atomic E-state index is 13.1. The van der Waals surface area contributed by atoms with E-state index < -0.39 is 49.5 Å². The standard InChI is InChI=1S/C72H137NO8/c1-3-5-7-9-11-13-15-17-19-21-23-25-27-29-31-33-35-37-39-41-43-45-47-49-51-53-55-57-59-61-66(75)65(64-80-72-71(79)70(78)69(77)67(63-74)81-72)73-68(76)62-60-58-56-54-52-50-48-46-44-42-40-38-36-34-32-30-28-26-24-22-20-18-16-14-12-10-8-6-4-2/h16,18,22,24,59,61,65-67,69-72,74-75,77-79H,3-15,17,19-21,23,25-58,60,62-64H2,1-2H3,(H,73,76)/b18-16-,24-22-,61-59+. The first-order valence-electron chi connectivity index (χ1n) is 35.7. The second kappa shape index (κ2) is 61.5. The molecule has 0 aromatic rings. The monoisotopic (exact) mass is 1140 g/mol. The summed E-state index contributed by atoms with van der Waals surface area (Å²) in [7, 11) is 0. The third-order valence-corrected chi connectivity index (χ3v) is 17.2. The van der Waals surface area contributed by atoms with E-state index in [1.54, 1.807) is 6.08 Å². The summed E-state index contributed by atoms with van der Waals surface area (Å²) < 4.78 is 11.3. The Morgan fingerprint density at radius 1 is 0.420 bits per heavy atom. The number of rotatable bonds is 63. The molecule has 81 heavy (non-hydrogen) atoms. The van der Waals surface area contributed by atoms with Crippen molar-refractivity contribution in [1.29, 1.82) is 0 Å². The van der Waals surface area contributed by atoms with Gasteiger partial charge in [-0.3, -0.25) is 4.79 Å². The highest BCUT2D eigenvalue weighted by atomic mass is 16.7. The van der Waals surface area contributed by atoms with Crippen molar-refractivity contribution in [1.82, 2.24) is 5.32 Å². The van der Waals surface area contributed by atoms with E-state index in [-0.39, 0.29) is 12.5 Å².